The third-order valence-electron chi connectivity index (χ3n) is 1.76. The topological polar surface area (TPSA) is 30.0 Å². The predicted octanol–water partition coefficient (Wildman–Crippen LogP) is 3.25. The first-order valence-electron chi connectivity index (χ1n) is 4.53. The second-order valence-electron chi connectivity index (χ2n) is 3.52. The summed E-state index contributed by atoms with van der Waals surface area (Å²) in [5, 5.41) is 0. The molecule has 0 saturated carbocycles. The zero-order valence-electron chi connectivity index (χ0n) is 8.80. The molecule has 0 radical (unpaired) electrons. The van der Waals surface area contributed by atoms with Gasteiger partial charge in [-0.25, -0.2) is 0 Å². The van der Waals surface area contributed by atoms with E-state index in [9.17, 15) is 18.0 Å². The van der Waals surface area contributed by atoms with Crippen molar-refractivity contribution in [2.75, 3.05) is 0 Å². The van der Waals surface area contributed by atoms with Gasteiger partial charge in [0.25, 0.3) is 0 Å². The SMILES string of the molecule is CC(C)=CC(=O)c1ccc(C(F)(F)F)cn1. The standard InChI is InChI=1S/C11H10F3NO/c1-7(2)5-10(16)9-4-3-8(6-15-9)11(12,13)14/h3-6H,1-2H3. The van der Waals surface area contributed by atoms with Crippen LogP contribution in [0.2, 0.25) is 0 Å². The molecule has 0 amide bonds. The summed E-state index contributed by atoms with van der Waals surface area (Å²) in [6, 6.07) is 1.92. The summed E-state index contributed by atoms with van der Waals surface area (Å²) in [4.78, 5) is 14.9. The van der Waals surface area contributed by atoms with Crippen LogP contribution in [0.3, 0.4) is 0 Å². The lowest BCUT2D eigenvalue weighted by atomic mass is 10.1. The van der Waals surface area contributed by atoms with E-state index in [-0.39, 0.29) is 5.69 Å². The number of halogens is 3. The molecule has 86 valence electrons. The number of aromatic nitrogens is 1. The van der Waals surface area contributed by atoms with Crippen molar-refractivity contribution in [3.05, 3.63) is 41.2 Å². The van der Waals surface area contributed by atoms with Crippen LogP contribution in [-0.4, -0.2) is 10.8 Å². The van der Waals surface area contributed by atoms with Crippen LogP contribution >= 0.6 is 0 Å². The predicted molar refractivity (Wildman–Crippen MR) is 53.0 cm³/mol. The van der Waals surface area contributed by atoms with Gasteiger partial charge in [-0.2, -0.15) is 13.2 Å². The number of allylic oxidation sites excluding steroid dienone is 2. The molecule has 0 aliphatic carbocycles. The van der Waals surface area contributed by atoms with Crippen molar-refractivity contribution < 1.29 is 18.0 Å². The number of nitrogens with zero attached hydrogens (tertiary/aromatic N) is 1. The number of carbonyl (C=O) groups excluding carboxylic acids is 1. The molecule has 1 aromatic rings. The van der Waals surface area contributed by atoms with Crippen molar-refractivity contribution >= 4 is 5.78 Å². The fourth-order valence-corrected chi connectivity index (χ4v) is 1.04. The largest absolute Gasteiger partial charge is 0.417 e. The van der Waals surface area contributed by atoms with E-state index in [1.165, 1.54) is 6.08 Å². The minimum absolute atomic E-state index is 0.00852. The van der Waals surface area contributed by atoms with E-state index in [1.807, 2.05) is 0 Å². The van der Waals surface area contributed by atoms with Gasteiger partial charge < -0.3 is 0 Å². The fourth-order valence-electron chi connectivity index (χ4n) is 1.04. The van der Waals surface area contributed by atoms with Crippen LogP contribution < -0.4 is 0 Å². The first-order chi connectivity index (χ1) is 7.30. The molecule has 1 aromatic heterocycles. The lowest BCUT2D eigenvalue weighted by Gasteiger charge is -2.05. The van der Waals surface area contributed by atoms with Crippen molar-refractivity contribution in [2.24, 2.45) is 0 Å². The highest BCUT2D eigenvalue weighted by Crippen LogP contribution is 2.28. The van der Waals surface area contributed by atoms with Crippen molar-refractivity contribution in [3.63, 3.8) is 0 Å². The van der Waals surface area contributed by atoms with Gasteiger partial charge in [0.1, 0.15) is 5.69 Å². The van der Waals surface area contributed by atoms with Crippen molar-refractivity contribution in [1.29, 1.82) is 0 Å². The van der Waals surface area contributed by atoms with Crippen molar-refractivity contribution in [1.82, 2.24) is 4.98 Å². The third kappa shape index (κ3) is 3.18. The molecule has 1 rings (SSSR count). The molecular weight excluding hydrogens is 219 g/mol. The molecule has 0 fully saturated rings. The van der Waals surface area contributed by atoms with Crippen LogP contribution in [0, 0.1) is 0 Å². The molecule has 1 heterocycles. The molecule has 0 saturated heterocycles. The molecule has 0 aromatic carbocycles. The van der Waals surface area contributed by atoms with Gasteiger partial charge in [0.15, 0.2) is 0 Å². The molecule has 0 N–H and O–H groups in total. The maximum atomic E-state index is 12.2. The van der Waals surface area contributed by atoms with Crippen LogP contribution in [0.25, 0.3) is 0 Å². The van der Waals surface area contributed by atoms with Gasteiger partial charge in [-0.05, 0) is 32.1 Å². The maximum absolute atomic E-state index is 12.2. The van der Waals surface area contributed by atoms with E-state index in [2.05, 4.69) is 4.98 Å². The molecule has 16 heavy (non-hydrogen) atoms. The lowest BCUT2D eigenvalue weighted by Crippen LogP contribution is -2.07. The van der Waals surface area contributed by atoms with Gasteiger partial charge in [-0.1, -0.05) is 5.57 Å². The average Bonchev–Trinajstić information content (AvgIpc) is 2.15. The van der Waals surface area contributed by atoms with E-state index in [0.29, 0.717) is 6.20 Å². The Labute approximate surface area is 90.8 Å². The Morgan fingerprint density at radius 3 is 2.31 bits per heavy atom. The Balaban J connectivity index is 2.96. The molecule has 0 aliphatic rings. The first-order valence-corrected chi connectivity index (χ1v) is 4.53. The summed E-state index contributed by atoms with van der Waals surface area (Å²) in [5.41, 5.74) is -0.0813. The molecule has 0 bridgehead atoms. The van der Waals surface area contributed by atoms with Crippen LogP contribution in [0.5, 0.6) is 0 Å². The van der Waals surface area contributed by atoms with Gasteiger partial charge in [-0.15, -0.1) is 0 Å². The van der Waals surface area contributed by atoms with Crippen LogP contribution in [0.1, 0.15) is 29.9 Å². The number of pyridine rings is 1. The van der Waals surface area contributed by atoms with Crippen molar-refractivity contribution in [3.8, 4) is 0 Å². The number of ketones is 1. The summed E-state index contributed by atoms with van der Waals surface area (Å²) in [6.45, 7) is 3.45. The van der Waals surface area contributed by atoms with E-state index in [4.69, 9.17) is 0 Å². The van der Waals surface area contributed by atoms with Crippen LogP contribution in [0.15, 0.2) is 30.0 Å². The zero-order valence-corrected chi connectivity index (χ0v) is 8.80. The zero-order chi connectivity index (χ0) is 12.3. The monoisotopic (exact) mass is 229 g/mol. The number of rotatable bonds is 2. The molecule has 0 atom stereocenters. The Morgan fingerprint density at radius 2 is 1.94 bits per heavy atom. The van der Waals surface area contributed by atoms with E-state index in [0.717, 1.165) is 17.7 Å². The van der Waals surface area contributed by atoms with Gasteiger partial charge >= 0.3 is 6.18 Å². The highest BCUT2D eigenvalue weighted by atomic mass is 19.4. The molecule has 0 spiro atoms. The normalized spacial score (nSPS) is 11.1. The number of hydrogen-bond acceptors (Lipinski definition) is 2. The Morgan fingerprint density at radius 1 is 1.31 bits per heavy atom. The number of carbonyl (C=O) groups is 1. The smallest absolute Gasteiger partial charge is 0.288 e. The fraction of sp³-hybridized carbons (Fsp3) is 0.273. The highest BCUT2D eigenvalue weighted by molar-refractivity contribution is 6.03. The van der Waals surface area contributed by atoms with Crippen LogP contribution in [0.4, 0.5) is 13.2 Å². The van der Waals surface area contributed by atoms with E-state index < -0.39 is 17.5 Å². The minimum Gasteiger partial charge on any atom is -0.288 e. The van der Waals surface area contributed by atoms with Gasteiger partial charge in [0.2, 0.25) is 5.78 Å². The number of hydrogen-bond donors (Lipinski definition) is 0. The average molecular weight is 229 g/mol. The molecule has 5 heteroatoms. The summed E-state index contributed by atoms with van der Waals surface area (Å²) in [5.74, 6) is -0.395. The van der Waals surface area contributed by atoms with Crippen molar-refractivity contribution in [2.45, 2.75) is 20.0 Å². The second kappa shape index (κ2) is 4.47. The number of alkyl halides is 3. The van der Waals surface area contributed by atoms with Gasteiger partial charge in [0, 0.05) is 6.20 Å². The first kappa shape index (κ1) is 12.4. The lowest BCUT2D eigenvalue weighted by molar-refractivity contribution is -0.137. The Kier molecular flexibility index (Phi) is 3.47. The Bertz CT molecular complexity index is 414. The van der Waals surface area contributed by atoms with Crippen LogP contribution in [-0.2, 0) is 6.18 Å². The molecule has 0 unspecified atom stereocenters. The minimum atomic E-state index is -4.43. The quantitative estimate of drug-likeness (QED) is 0.575. The molecular formula is C11H10F3NO. The molecule has 2 nitrogen and oxygen atoms in total. The molecule has 0 aliphatic heterocycles. The van der Waals surface area contributed by atoms with E-state index >= 15 is 0 Å². The van der Waals surface area contributed by atoms with Gasteiger partial charge in [0.05, 0.1) is 5.56 Å². The highest BCUT2D eigenvalue weighted by Gasteiger charge is 2.30. The Hall–Kier alpha value is -1.65. The van der Waals surface area contributed by atoms with E-state index in [1.54, 1.807) is 13.8 Å². The maximum Gasteiger partial charge on any atom is 0.417 e. The summed E-state index contributed by atoms with van der Waals surface area (Å²) >= 11 is 0. The summed E-state index contributed by atoms with van der Waals surface area (Å²) in [7, 11) is 0. The summed E-state index contributed by atoms with van der Waals surface area (Å²) < 4.78 is 36.6. The van der Waals surface area contributed by atoms with Gasteiger partial charge in [-0.3, -0.25) is 9.78 Å². The second-order valence-corrected chi connectivity index (χ2v) is 3.52. The summed E-state index contributed by atoms with van der Waals surface area (Å²) in [6.07, 6.45) is -2.44. The third-order valence-corrected chi connectivity index (χ3v) is 1.76.